The zero-order chi connectivity index (χ0) is 7.78. The zero-order valence-corrected chi connectivity index (χ0v) is 6.19. The largest absolute Gasteiger partial charge is 0.196 e. The highest BCUT2D eigenvalue weighted by Gasteiger charge is 2.44. The van der Waals surface area contributed by atoms with Crippen LogP contribution in [0.15, 0.2) is 11.9 Å². The molecule has 1 nitrogen and oxygen atoms in total. The molecule has 10 heavy (non-hydrogen) atoms. The molecule has 0 bridgehead atoms. The first-order valence-electron chi connectivity index (χ1n) is 3.34. The lowest BCUT2D eigenvalue weighted by Crippen LogP contribution is -1.86. The second-order valence-electron chi connectivity index (χ2n) is 3.43. The zero-order valence-electron chi connectivity index (χ0n) is 6.19. The highest BCUT2D eigenvalue weighted by atomic mass is 19.1. The van der Waals surface area contributed by atoms with Crippen molar-refractivity contribution in [3.05, 3.63) is 11.9 Å². The summed E-state index contributed by atoms with van der Waals surface area (Å²) in [5.41, 5.74) is 0.230. The molecule has 1 unspecified atom stereocenters. The van der Waals surface area contributed by atoms with E-state index in [-0.39, 0.29) is 11.3 Å². The average Bonchev–Trinajstić information content (AvgIpc) is 2.40. The van der Waals surface area contributed by atoms with Gasteiger partial charge in [-0.15, -0.1) is 0 Å². The SMILES string of the molecule is CC1(C)CC1/C=C(\F)C#N. The van der Waals surface area contributed by atoms with Gasteiger partial charge >= 0.3 is 0 Å². The third-order valence-electron chi connectivity index (χ3n) is 2.04. The molecule has 1 rings (SSSR count). The van der Waals surface area contributed by atoms with Gasteiger partial charge in [-0.1, -0.05) is 13.8 Å². The molecule has 1 atom stereocenters. The summed E-state index contributed by atoms with van der Waals surface area (Å²) < 4.78 is 12.3. The van der Waals surface area contributed by atoms with Gasteiger partial charge in [0.15, 0.2) is 5.83 Å². The van der Waals surface area contributed by atoms with Gasteiger partial charge in [-0.25, -0.2) is 0 Å². The Morgan fingerprint density at radius 1 is 1.80 bits per heavy atom. The van der Waals surface area contributed by atoms with E-state index in [4.69, 9.17) is 5.26 Å². The van der Waals surface area contributed by atoms with Crippen molar-refractivity contribution in [3.8, 4) is 6.07 Å². The molecular formula is C8H10FN. The van der Waals surface area contributed by atoms with Crippen LogP contribution in [0.4, 0.5) is 4.39 Å². The Kier molecular flexibility index (Phi) is 1.52. The van der Waals surface area contributed by atoms with Crippen molar-refractivity contribution in [2.45, 2.75) is 20.3 Å². The van der Waals surface area contributed by atoms with Crippen LogP contribution in [0, 0.1) is 22.7 Å². The summed E-state index contributed by atoms with van der Waals surface area (Å²) in [5, 5.41) is 8.09. The van der Waals surface area contributed by atoms with Gasteiger partial charge in [-0.05, 0) is 23.8 Å². The number of hydrogen-bond donors (Lipinski definition) is 0. The van der Waals surface area contributed by atoms with Crippen LogP contribution in [-0.2, 0) is 0 Å². The molecule has 1 aliphatic rings. The number of nitriles is 1. The molecule has 0 spiro atoms. The van der Waals surface area contributed by atoms with Crippen LogP contribution < -0.4 is 0 Å². The number of rotatable bonds is 1. The summed E-state index contributed by atoms with van der Waals surface area (Å²) in [6.07, 6.45) is 2.42. The standard InChI is InChI=1S/C8H10FN/c1-8(2)4-6(8)3-7(9)5-10/h3,6H,4H2,1-2H3/b7-3-. The lowest BCUT2D eigenvalue weighted by molar-refractivity contribution is 0.595. The molecule has 2 heteroatoms. The molecular weight excluding hydrogens is 129 g/mol. The van der Waals surface area contributed by atoms with Crippen molar-refractivity contribution in [3.63, 3.8) is 0 Å². The fraction of sp³-hybridized carbons (Fsp3) is 0.625. The summed E-state index contributed by atoms with van der Waals surface area (Å²) in [5.74, 6) is -0.359. The molecule has 0 aromatic carbocycles. The summed E-state index contributed by atoms with van der Waals surface area (Å²) in [6, 6.07) is 1.47. The number of nitrogens with zero attached hydrogens (tertiary/aromatic N) is 1. The van der Waals surface area contributed by atoms with Gasteiger partial charge in [-0.3, -0.25) is 0 Å². The lowest BCUT2D eigenvalue weighted by atomic mass is 10.1. The smallest absolute Gasteiger partial charge is 0.195 e. The molecule has 0 aromatic heterocycles. The van der Waals surface area contributed by atoms with Gasteiger partial charge in [-0.2, -0.15) is 9.65 Å². The van der Waals surface area contributed by atoms with E-state index in [0.29, 0.717) is 0 Å². The maximum absolute atomic E-state index is 12.3. The Balaban J connectivity index is 2.52. The minimum atomic E-state index is -0.643. The molecule has 1 fully saturated rings. The molecule has 0 N–H and O–H groups in total. The van der Waals surface area contributed by atoms with Crippen molar-refractivity contribution in [1.29, 1.82) is 5.26 Å². The summed E-state index contributed by atoms with van der Waals surface area (Å²) in [6.45, 7) is 4.14. The lowest BCUT2D eigenvalue weighted by Gasteiger charge is -1.94. The highest BCUT2D eigenvalue weighted by molar-refractivity contribution is 5.19. The van der Waals surface area contributed by atoms with Gasteiger partial charge in [0, 0.05) is 0 Å². The van der Waals surface area contributed by atoms with Crippen LogP contribution in [0.25, 0.3) is 0 Å². The van der Waals surface area contributed by atoms with E-state index in [1.807, 2.05) is 0 Å². The Labute approximate surface area is 60.2 Å². The van der Waals surface area contributed by atoms with Crippen LogP contribution in [0.2, 0.25) is 0 Å². The normalized spacial score (nSPS) is 29.4. The second-order valence-corrected chi connectivity index (χ2v) is 3.43. The molecule has 0 heterocycles. The van der Waals surface area contributed by atoms with E-state index >= 15 is 0 Å². The first-order chi connectivity index (χ1) is 4.56. The van der Waals surface area contributed by atoms with Gasteiger partial charge in [0.1, 0.15) is 6.07 Å². The van der Waals surface area contributed by atoms with Crippen molar-refractivity contribution < 1.29 is 4.39 Å². The molecule has 0 amide bonds. The van der Waals surface area contributed by atoms with Gasteiger partial charge in [0.25, 0.3) is 0 Å². The second kappa shape index (κ2) is 2.09. The first kappa shape index (κ1) is 7.27. The number of halogens is 1. The third-order valence-corrected chi connectivity index (χ3v) is 2.04. The molecule has 0 aliphatic heterocycles. The molecule has 0 saturated heterocycles. The first-order valence-corrected chi connectivity index (χ1v) is 3.34. The summed E-state index contributed by atoms with van der Waals surface area (Å²) >= 11 is 0. The molecule has 0 radical (unpaired) electrons. The van der Waals surface area contributed by atoms with Gasteiger partial charge in [0.05, 0.1) is 0 Å². The van der Waals surface area contributed by atoms with Crippen LogP contribution in [0.5, 0.6) is 0 Å². The Hall–Kier alpha value is -0.840. The van der Waals surface area contributed by atoms with E-state index in [2.05, 4.69) is 13.8 Å². The predicted molar refractivity (Wildman–Crippen MR) is 36.7 cm³/mol. The Bertz CT molecular complexity index is 210. The van der Waals surface area contributed by atoms with Crippen LogP contribution in [0.3, 0.4) is 0 Å². The number of hydrogen-bond acceptors (Lipinski definition) is 1. The fourth-order valence-electron chi connectivity index (χ4n) is 1.01. The van der Waals surface area contributed by atoms with Crippen LogP contribution in [-0.4, -0.2) is 0 Å². The van der Waals surface area contributed by atoms with E-state index in [1.165, 1.54) is 12.1 Å². The Morgan fingerprint density at radius 2 is 2.30 bits per heavy atom. The minimum Gasteiger partial charge on any atom is -0.195 e. The Morgan fingerprint density at radius 3 is 2.60 bits per heavy atom. The molecule has 1 saturated carbocycles. The van der Waals surface area contributed by atoms with Crippen molar-refractivity contribution in [2.75, 3.05) is 0 Å². The molecule has 54 valence electrons. The molecule has 0 aromatic rings. The van der Waals surface area contributed by atoms with E-state index < -0.39 is 5.83 Å². The topological polar surface area (TPSA) is 23.8 Å². The van der Waals surface area contributed by atoms with Crippen molar-refractivity contribution in [1.82, 2.24) is 0 Å². The quantitative estimate of drug-likeness (QED) is 0.512. The van der Waals surface area contributed by atoms with E-state index in [9.17, 15) is 4.39 Å². The maximum Gasteiger partial charge on any atom is 0.196 e. The number of allylic oxidation sites excluding steroid dienone is 2. The third kappa shape index (κ3) is 1.36. The monoisotopic (exact) mass is 139 g/mol. The minimum absolute atomic E-state index is 0.230. The van der Waals surface area contributed by atoms with E-state index in [0.717, 1.165) is 6.42 Å². The van der Waals surface area contributed by atoms with Crippen LogP contribution >= 0.6 is 0 Å². The summed E-state index contributed by atoms with van der Waals surface area (Å²) in [4.78, 5) is 0. The fourth-order valence-corrected chi connectivity index (χ4v) is 1.01. The van der Waals surface area contributed by atoms with Crippen molar-refractivity contribution >= 4 is 0 Å². The highest BCUT2D eigenvalue weighted by Crippen LogP contribution is 2.52. The average molecular weight is 139 g/mol. The van der Waals surface area contributed by atoms with Crippen molar-refractivity contribution in [2.24, 2.45) is 11.3 Å². The maximum atomic E-state index is 12.3. The van der Waals surface area contributed by atoms with E-state index in [1.54, 1.807) is 0 Å². The summed E-state index contributed by atoms with van der Waals surface area (Å²) in [7, 11) is 0. The van der Waals surface area contributed by atoms with Gasteiger partial charge in [0.2, 0.25) is 0 Å². The van der Waals surface area contributed by atoms with Gasteiger partial charge < -0.3 is 0 Å². The molecule has 1 aliphatic carbocycles. The van der Waals surface area contributed by atoms with Crippen LogP contribution in [0.1, 0.15) is 20.3 Å². The predicted octanol–water partition coefficient (Wildman–Crippen LogP) is 2.41.